The lowest BCUT2D eigenvalue weighted by atomic mass is 9.63. The first-order valence-electron chi connectivity index (χ1n) is 26.9. The van der Waals surface area contributed by atoms with Crippen molar-refractivity contribution in [3.05, 3.63) is 144 Å². The second kappa shape index (κ2) is 20.9. The van der Waals surface area contributed by atoms with E-state index in [1.165, 1.54) is 53.5 Å². The number of fused-ring (bicyclic) bond motifs is 3. The number of aliphatic imine (C=N–C) groups is 1. The topological polar surface area (TPSA) is 146 Å². The van der Waals surface area contributed by atoms with Crippen molar-refractivity contribution >= 4 is 46.2 Å². The summed E-state index contributed by atoms with van der Waals surface area (Å²) in [7, 11) is 0. The minimum absolute atomic E-state index is 0.00392. The van der Waals surface area contributed by atoms with Gasteiger partial charge in [0.15, 0.2) is 0 Å². The molecule has 2 saturated heterocycles. The number of likely N-dealkylation sites (tertiary alicyclic amines) is 2. The van der Waals surface area contributed by atoms with Gasteiger partial charge in [0, 0.05) is 31.4 Å². The van der Waals surface area contributed by atoms with Crippen LogP contribution in [0.4, 0.5) is 4.79 Å². The maximum Gasteiger partial charge on any atom is 0.413 e. The first-order valence-corrected chi connectivity index (χ1v) is 26.9. The van der Waals surface area contributed by atoms with Crippen LogP contribution in [0.3, 0.4) is 0 Å². The van der Waals surface area contributed by atoms with Crippen molar-refractivity contribution in [3.8, 4) is 33.8 Å². The molecule has 4 heterocycles. The Labute approximate surface area is 433 Å². The fraction of sp³-hybridized carbons (Fsp3) is 0.387. The molecule has 2 N–H and O–H groups in total. The highest BCUT2D eigenvalue weighted by molar-refractivity contribution is 6.03. The lowest BCUT2D eigenvalue weighted by Gasteiger charge is -2.41. The number of aromatic nitrogens is 2. The molecule has 74 heavy (non-hydrogen) atoms. The summed E-state index contributed by atoms with van der Waals surface area (Å²) in [5.74, 6) is 1.52. The smallest absolute Gasteiger partial charge is 0.413 e. The summed E-state index contributed by atoms with van der Waals surface area (Å²) in [6.07, 6.45) is 10.2. The number of carbonyl (C=O) groups excluding carboxylic acids is 4. The van der Waals surface area contributed by atoms with Gasteiger partial charge in [0.25, 0.3) is 0 Å². The van der Waals surface area contributed by atoms with Crippen LogP contribution in [0.2, 0.25) is 0 Å². The normalized spacial score (nSPS) is 20.9. The van der Waals surface area contributed by atoms with Crippen molar-refractivity contribution in [3.63, 3.8) is 0 Å². The highest BCUT2D eigenvalue weighted by Crippen LogP contribution is 2.55. The van der Waals surface area contributed by atoms with Gasteiger partial charge in [0.05, 0.1) is 35.5 Å². The van der Waals surface area contributed by atoms with Gasteiger partial charge in [-0.1, -0.05) is 107 Å². The average molecular weight is 991 g/mol. The highest BCUT2D eigenvalue weighted by Gasteiger charge is 2.41. The number of aromatic amines is 1. The molecular weight excluding hydrogens is 925 g/mol. The van der Waals surface area contributed by atoms with Crippen LogP contribution in [0.15, 0.2) is 126 Å². The van der Waals surface area contributed by atoms with Crippen molar-refractivity contribution in [2.75, 3.05) is 13.1 Å². The van der Waals surface area contributed by atoms with Crippen molar-refractivity contribution in [1.29, 1.82) is 0 Å². The van der Waals surface area contributed by atoms with Gasteiger partial charge in [-0.3, -0.25) is 19.4 Å². The van der Waals surface area contributed by atoms with Crippen molar-refractivity contribution in [1.82, 2.24) is 25.1 Å². The summed E-state index contributed by atoms with van der Waals surface area (Å²) >= 11 is 0. The molecule has 0 unspecified atom stereocenters. The second-order valence-corrected chi connectivity index (χ2v) is 21.7. The number of H-pyrrole nitrogens is 1. The molecule has 3 aliphatic carbocycles. The summed E-state index contributed by atoms with van der Waals surface area (Å²) in [6.45, 7) is 9.12. The van der Waals surface area contributed by atoms with Crippen LogP contribution in [-0.2, 0) is 14.4 Å². The Hall–Kier alpha value is -7.34. The Bertz CT molecular complexity index is 3130. The third-order valence-electron chi connectivity index (χ3n) is 16.4. The molecule has 0 radical (unpaired) electrons. The molecule has 380 valence electrons. The molecular formula is C62H66N6O6. The number of ether oxygens (including phenoxy) is 2. The van der Waals surface area contributed by atoms with Gasteiger partial charge >= 0.3 is 12.1 Å². The van der Waals surface area contributed by atoms with Crippen molar-refractivity contribution in [2.24, 2.45) is 22.7 Å². The fourth-order valence-electron chi connectivity index (χ4n) is 12.5. The Morgan fingerprint density at radius 1 is 0.649 bits per heavy atom. The Kier molecular flexibility index (Phi) is 13.8. The first-order chi connectivity index (χ1) is 36.0. The summed E-state index contributed by atoms with van der Waals surface area (Å²) < 4.78 is 11.1. The molecule has 12 rings (SSSR count). The number of hydrogen-bond donors (Lipinski definition) is 2. The number of amides is 3. The number of para-hydroxylation sites is 2. The van der Waals surface area contributed by atoms with Crippen LogP contribution < -0.4 is 14.8 Å². The maximum absolute atomic E-state index is 14.2. The fourth-order valence-corrected chi connectivity index (χ4v) is 12.5. The number of imidazole rings is 1. The summed E-state index contributed by atoms with van der Waals surface area (Å²) in [6, 6.07) is 37.0. The van der Waals surface area contributed by atoms with Crippen LogP contribution >= 0.6 is 0 Å². The number of nitrogens with one attached hydrogen (secondary N) is 2. The lowest BCUT2D eigenvalue weighted by molar-refractivity contribution is -0.144. The number of allylic oxidation sites excluding steroid dienone is 1. The Morgan fingerprint density at radius 2 is 1.23 bits per heavy atom. The van der Waals surface area contributed by atoms with Gasteiger partial charge in [-0.15, -0.1) is 0 Å². The van der Waals surface area contributed by atoms with Gasteiger partial charge in [0.1, 0.15) is 23.4 Å². The third kappa shape index (κ3) is 9.78. The first kappa shape index (κ1) is 48.9. The van der Waals surface area contributed by atoms with Crippen LogP contribution in [0.1, 0.15) is 132 Å². The van der Waals surface area contributed by atoms with E-state index in [4.69, 9.17) is 19.5 Å². The van der Waals surface area contributed by atoms with Gasteiger partial charge in [-0.2, -0.15) is 0 Å². The SMILES string of the molecule is CC(C)[C@H](CC(=O)Oc1ccccc1)C(=O)N1CCC[C@H]1C1=NC=C(c2ccc(-c3ccc(-c4ccc5nc([C@@H]6CCCN6C(=O)[C@@H](NC(=O)Oc6ccccc6)C(C)C)[nH]c5c4)c4c3C3CCC4CC3)cc2)C1. The molecule has 12 heteroatoms. The zero-order valence-electron chi connectivity index (χ0n) is 42.9. The minimum Gasteiger partial charge on any atom is -0.427 e. The van der Waals surface area contributed by atoms with Gasteiger partial charge in [0.2, 0.25) is 11.8 Å². The standard InChI is InChI=1S/C62H66N6O6/c1-37(2)49(35-55(69)73-45-13-7-5-8-14-45)60(70)67-31-11-17-53(67)52-34-44(36-63-52)39-19-21-40(22-20-39)47-28-29-48(57-42-25-23-41(24-26-42)56(47)57)43-27-30-50-51(33-43)65-59(64-50)54-18-12-32-68(54)61(71)58(38(3)4)66-62(72)74-46-15-9-6-10-16-46/h5-10,13-16,19-22,27-30,33,36-38,41-42,49,53-54,58H,11-12,17-18,23-26,31-32,34-35H2,1-4H3,(H,64,65)(H,66,72)/t41?,42?,49-,53-,54-,58-/m0/s1. The molecule has 6 aliphatic rings. The van der Waals surface area contributed by atoms with Crippen molar-refractivity contribution < 1.29 is 28.7 Å². The van der Waals surface area contributed by atoms with E-state index in [0.717, 1.165) is 65.0 Å². The van der Waals surface area contributed by atoms with E-state index in [0.29, 0.717) is 42.8 Å². The number of hydrogen-bond acceptors (Lipinski definition) is 8. The Morgan fingerprint density at radius 3 is 1.86 bits per heavy atom. The molecule has 3 aliphatic heterocycles. The molecule has 5 aromatic carbocycles. The van der Waals surface area contributed by atoms with Crippen molar-refractivity contribution in [2.45, 2.75) is 122 Å². The molecule has 3 fully saturated rings. The number of benzene rings is 5. The maximum atomic E-state index is 14.2. The van der Waals surface area contributed by atoms with Crippen LogP contribution in [0.25, 0.3) is 38.9 Å². The molecule has 0 spiro atoms. The lowest BCUT2D eigenvalue weighted by Crippen LogP contribution is -2.51. The quantitative estimate of drug-likeness (QED) is 0.0816. The van der Waals surface area contributed by atoms with E-state index in [-0.39, 0.29) is 42.2 Å². The zero-order chi connectivity index (χ0) is 51.0. The second-order valence-electron chi connectivity index (χ2n) is 21.7. The van der Waals surface area contributed by atoms with Crippen LogP contribution in [-0.4, -0.2) is 74.5 Å². The average Bonchev–Trinajstić information content (AvgIpc) is 4.28. The van der Waals surface area contributed by atoms with E-state index in [9.17, 15) is 19.2 Å². The number of nitrogens with zero attached hydrogens (tertiary/aromatic N) is 4. The molecule has 2 bridgehead atoms. The predicted molar refractivity (Wildman–Crippen MR) is 289 cm³/mol. The van der Waals surface area contributed by atoms with Gasteiger partial charge in [-0.25, -0.2) is 9.78 Å². The minimum atomic E-state index is -0.748. The summed E-state index contributed by atoms with van der Waals surface area (Å²) in [5.41, 5.74) is 13.1. The van der Waals surface area contributed by atoms with Crippen LogP contribution in [0.5, 0.6) is 11.5 Å². The Balaban J connectivity index is 0.782. The highest BCUT2D eigenvalue weighted by atomic mass is 16.6. The summed E-state index contributed by atoms with van der Waals surface area (Å²) in [4.78, 5) is 71.8. The molecule has 4 atom stereocenters. The van der Waals surface area contributed by atoms with Crippen LogP contribution in [0, 0.1) is 17.8 Å². The number of rotatable bonds is 14. The zero-order valence-corrected chi connectivity index (χ0v) is 42.9. The summed E-state index contributed by atoms with van der Waals surface area (Å²) in [5, 5.41) is 2.85. The van der Waals surface area contributed by atoms with Gasteiger partial charge in [-0.05, 0) is 156 Å². The van der Waals surface area contributed by atoms with E-state index in [1.807, 2.05) is 68.0 Å². The van der Waals surface area contributed by atoms with Gasteiger partial charge < -0.3 is 29.6 Å². The molecule has 1 saturated carbocycles. The number of esters is 1. The predicted octanol–water partition coefficient (Wildman–Crippen LogP) is 12.6. The largest absolute Gasteiger partial charge is 0.427 e. The molecule has 3 amide bonds. The molecule has 1 aromatic heterocycles. The van der Waals surface area contributed by atoms with E-state index >= 15 is 0 Å². The van der Waals surface area contributed by atoms with E-state index in [2.05, 4.69) is 64.9 Å². The molecule has 6 aromatic rings. The third-order valence-corrected chi connectivity index (χ3v) is 16.4. The molecule has 12 nitrogen and oxygen atoms in total. The van der Waals surface area contributed by atoms with E-state index < -0.39 is 24.0 Å². The van der Waals surface area contributed by atoms with E-state index in [1.54, 1.807) is 36.4 Å². The number of carbonyl (C=O) groups is 4. The monoisotopic (exact) mass is 991 g/mol.